The molecule has 0 bridgehead atoms. The van der Waals surface area contributed by atoms with Crippen molar-refractivity contribution in [1.29, 1.82) is 0 Å². The molecule has 2 aliphatic rings. The van der Waals surface area contributed by atoms with Gasteiger partial charge in [0, 0.05) is 35.2 Å². The lowest BCUT2D eigenvalue weighted by atomic mass is 9.73. The van der Waals surface area contributed by atoms with Crippen LogP contribution in [0.3, 0.4) is 0 Å². The van der Waals surface area contributed by atoms with Gasteiger partial charge in [-0.15, -0.1) is 0 Å². The normalized spacial score (nSPS) is 24.0. The molecule has 0 aliphatic heterocycles. The molecular formula is C25H30FN5O4. The lowest BCUT2D eigenvalue weighted by Gasteiger charge is -2.35. The number of nitrogens with two attached hydrogens (primary N) is 2. The highest BCUT2D eigenvalue weighted by molar-refractivity contribution is 6.25. The maximum absolute atomic E-state index is 14.4. The minimum Gasteiger partial charge on any atom is -0.479 e. The third kappa shape index (κ3) is 5.48. The molecule has 2 heterocycles. The molecule has 1 fully saturated rings. The van der Waals surface area contributed by atoms with Crippen LogP contribution in [0, 0.1) is 18.7 Å². The first-order chi connectivity index (χ1) is 16.8. The molecule has 1 saturated carbocycles. The Morgan fingerprint density at radius 2 is 1.94 bits per heavy atom. The standard InChI is InChI=1S/C25H30FN5O4/c1-13-18-10-19(15-9-20(26)24(34-2)29-11-15)21(32)8-7-17(23(18)31-25(28)30-13)14-3-5-16(6-4-14)35-12-22(27)33/h9-11,14,16-17H,3-8,12H2,1-2H3,(H2,27,33)(H2,28,30,31)/b19-10-. The fraction of sp³-hybridized carbons (Fsp3) is 0.480. The van der Waals surface area contributed by atoms with E-state index < -0.39 is 11.7 Å². The number of rotatable bonds is 6. The number of fused-ring (bicyclic) bond motifs is 1. The molecule has 0 aromatic carbocycles. The second-order valence-corrected chi connectivity index (χ2v) is 9.12. The quantitative estimate of drug-likeness (QED) is 0.638. The minimum absolute atomic E-state index is 0.00502. The van der Waals surface area contributed by atoms with Gasteiger partial charge in [0.15, 0.2) is 11.6 Å². The van der Waals surface area contributed by atoms with Crippen LogP contribution < -0.4 is 16.2 Å². The number of pyridine rings is 1. The van der Waals surface area contributed by atoms with Crippen molar-refractivity contribution in [3.8, 4) is 5.88 Å². The first kappa shape index (κ1) is 24.7. The number of ketones is 1. The van der Waals surface area contributed by atoms with Gasteiger partial charge in [-0.1, -0.05) is 0 Å². The highest BCUT2D eigenvalue weighted by Gasteiger charge is 2.34. The Balaban J connectivity index is 1.68. The van der Waals surface area contributed by atoms with Gasteiger partial charge < -0.3 is 20.9 Å². The number of anilines is 1. The van der Waals surface area contributed by atoms with Crippen LogP contribution in [-0.2, 0) is 14.3 Å². The summed E-state index contributed by atoms with van der Waals surface area (Å²) in [6.45, 7) is 1.75. The fourth-order valence-electron chi connectivity index (χ4n) is 5.15. The zero-order chi connectivity index (χ0) is 25.1. The summed E-state index contributed by atoms with van der Waals surface area (Å²) >= 11 is 0. The van der Waals surface area contributed by atoms with Crippen LogP contribution in [0.5, 0.6) is 5.88 Å². The van der Waals surface area contributed by atoms with E-state index in [1.807, 2.05) is 6.92 Å². The zero-order valence-corrected chi connectivity index (χ0v) is 19.9. The highest BCUT2D eigenvalue weighted by Crippen LogP contribution is 2.43. The molecular weight excluding hydrogens is 453 g/mol. The number of Topliss-reactive ketones (excluding diaryl/α,β-unsaturated/α-hetero) is 1. The smallest absolute Gasteiger partial charge is 0.250 e. The lowest BCUT2D eigenvalue weighted by molar-refractivity contribution is -0.125. The summed E-state index contributed by atoms with van der Waals surface area (Å²) in [6, 6.07) is 1.26. The van der Waals surface area contributed by atoms with Crippen molar-refractivity contribution in [3.63, 3.8) is 0 Å². The predicted molar refractivity (Wildman–Crippen MR) is 128 cm³/mol. The number of hydrogen-bond donors (Lipinski definition) is 2. The number of aromatic nitrogens is 3. The molecule has 1 amide bonds. The highest BCUT2D eigenvalue weighted by atomic mass is 19.1. The van der Waals surface area contributed by atoms with Gasteiger partial charge in [0.1, 0.15) is 6.61 Å². The van der Waals surface area contributed by atoms with Crippen LogP contribution >= 0.6 is 0 Å². The molecule has 0 radical (unpaired) electrons. The van der Waals surface area contributed by atoms with Gasteiger partial charge >= 0.3 is 0 Å². The van der Waals surface area contributed by atoms with Gasteiger partial charge in [0.05, 0.1) is 24.6 Å². The molecule has 10 heteroatoms. The van der Waals surface area contributed by atoms with Crippen LogP contribution in [0.1, 0.15) is 67.0 Å². The van der Waals surface area contributed by atoms with Crippen LogP contribution in [0.4, 0.5) is 10.3 Å². The molecule has 35 heavy (non-hydrogen) atoms. The first-order valence-electron chi connectivity index (χ1n) is 11.8. The third-order valence-electron chi connectivity index (χ3n) is 6.87. The summed E-state index contributed by atoms with van der Waals surface area (Å²) in [6.07, 6.45) is 7.38. The van der Waals surface area contributed by atoms with E-state index in [9.17, 15) is 14.0 Å². The number of carbonyl (C=O) groups is 2. The maximum atomic E-state index is 14.4. The molecule has 2 aromatic heterocycles. The van der Waals surface area contributed by atoms with Crippen molar-refractivity contribution in [2.75, 3.05) is 19.5 Å². The fourth-order valence-corrected chi connectivity index (χ4v) is 5.15. The number of nitrogens with zero attached hydrogens (tertiary/aromatic N) is 3. The number of amides is 1. The van der Waals surface area contributed by atoms with Crippen LogP contribution in [0.15, 0.2) is 12.3 Å². The molecule has 9 nitrogen and oxygen atoms in total. The van der Waals surface area contributed by atoms with Gasteiger partial charge in [-0.05, 0) is 57.1 Å². The Bertz CT molecular complexity index is 1160. The van der Waals surface area contributed by atoms with Crippen molar-refractivity contribution in [2.24, 2.45) is 11.7 Å². The van der Waals surface area contributed by atoms with Gasteiger partial charge in [0.2, 0.25) is 17.7 Å². The second kappa shape index (κ2) is 10.5. The SMILES string of the molecule is COc1ncc(/C2=C/c3c(C)nc(N)nc3C(C3CCC(OCC(N)=O)CC3)CCC2=O)cc1F. The summed E-state index contributed by atoms with van der Waals surface area (Å²) in [5.41, 5.74) is 14.2. The maximum Gasteiger partial charge on any atom is 0.250 e. The third-order valence-corrected chi connectivity index (χ3v) is 6.87. The van der Waals surface area contributed by atoms with Gasteiger partial charge in [0.25, 0.3) is 0 Å². The minimum atomic E-state index is -0.639. The molecule has 186 valence electrons. The Morgan fingerprint density at radius 3 is 2.60 bits per heavy atom. The zero-order valence-electron chi connectivity index (χ0n) is 19.9. The number of primary amides is 1. The van der Waals surface area contributed by atoms with Crippen molar-refractivity contribution < 1.29 is 23.5 Å². The molecule has 0 saturated heterocycles. The molecule has 4 N–H and O–H groups in total. The van der Waals surface area contributed by atoms with Crippen LogP contribution in [0.2, 0.25) is 0 Å². The van der Waals surface area contributed by atoms with Crippen molar-refractivity contribution in [3.05, 3.63) is 40.6 Å². The van der Waals surface area contributed by atoms with E-state index >= 15 is 0 Å². The van der Waals surface area contributed by atoms with Crippen LogP contribution in [-0.4, -0.2) is 46.5 Å². The van der Waals surface area contributed by atoms with E-state index in [0.717, 1.165) is 36.9 Å². The van der Waals surface area contributed by atoms with E-state index in [-0.39, 0.29) is 48.6 Å². The van der Waals surface area contributed by atoms with E-state index in [2.05, 4.69) is 15.0 Å². The van der Waals surface area contributed by atoms with E-state index in [4.69, 9.17) is 20.9 Å². The topological polar surface area (TPSA) is 143 Å². The van der Waals surface area contributed by atoms with Crippen molar-refractivity contribution >= 4 is 29.3 Å². The van der Waals surface area contributed by atoms with Crippen LogP contribution in [0.25, 0.3) is 11.6 Å². The lowest BCUT2D eigenvalue weighted by Crippen LogP contribution is -2.30. The molecule has 0 spiro atoms. The number of allylic oxidation sites excluding steroid dienone is 1. The average molecular weight is 484 g/mol. The summed E-state index contributed by atoms with van der Waals surface area (Å²) in [5, 5.41) is 0. The van der Waals surface area contributed by atoms with E-state index in [0.29, 0.717) is 23.3 Å². The van der Waals surface area contributed by atoms with E-state index in [1.54, 1.807) is 6.08 Å². The summed E-state index contributed by atoms with van der Waals surface area (Å²) in [5.74, 6) is -0.866. The predicted octanol–water partition coefficient (Wildman–Crippen LogP) is 2.96. The largest absolute Gasteiger partial charge is 0.479 e. The van der Waals surface area contributed by atoms with E-state index in [1.165, 1.54) is 19.4 Å². The molecule has 1 unspecified atom stereocenters. The Morgan fingerprint density at radius 1 is 1.20 bits per heavy atom. The first-order valence-corrected chi connectivity index (χ1v) is 11.8. The molecule has 2 aromatic rings. The number of hydrogen-bond acceptors (Lipinski definition) is 8. The number of methoxy groups -OCH3 is 1. The number of carbonyl (C=O) groups excluding carboxylic acids is 2. The molecule has 4 rings (SSSR count). The Kier molecular flexibility index (Phi) is 7.39. The van der Waals surface area contributed by atoms with Crippen molar-refractivity contribution in [1.82, 2.24) is 15.0 Å². The van der Waals surface area contributed by atoms with Crippen molar-refractivity contribution in [2.45, 2.75) is 57.5 Å². The summed E-state index contributed by atoms with van der Waals surface area (Å²) in [4.78, 5) is 37.2. The summed E-state index contributed by atoms with van der Waals surface area (Å²) in [7, 11) is 1.34. The Labute approximate surface area is 203 Å². The number of halogens is 1. The average Bonchev–Trinajstić information content (AvgIpc) is 2.82. The number of aryl methyl sites for hydroxylation is 1. The van der Waals surface area contributed by atoms with Gasteiger partial charge in [-0.3, -0.25) is 9.59 Å². The monoisotopic (exact) mass is 483 g/mol. The summed E-state index contributed by atoms with van der Waals surface area (Å²) < 4.78 is 24.9. The Hall–Kier alpha value is -3.40. The molecule has 2 aliphatic carbocycles. The molecule has 1 atom stereocenters. The number of nitrogen functional groups attached to an aromatic ring is 1. The van der Waals surface area contributed by atoms with Gasteiger partial charge in [-0.2, -0.15) is 0 Å². The van der Waals surface area contributed by atoms with Gasteiger partial charge in [-0.25, -0.2) is 19.3 Å². The number of ether oxygens (including phenoxy) is 2. The second-order valence-electron chi connectivity index (χ2n) is 9.12.